The van der Waals surface area contributed by atoms with Gasteiger partial charge in [-0.1, -0.05) is 44.2 Å². The van der Waals surface area contributed by atoms with Gasteiger partial charge in [-0.05, 0) is 32.3 Å². The molecule has 150 valence electrons. The van der Waals surface area contributed by atoms with E-state index < -0.39 is 35.4 Å². The van der Waals surface area contributed by atoms with Crippen LogP contribution in [-0.2, 0) is 9.59 Å². The van der Waals surface area contributed by atoms with Gasteiger partial charge in [0.2, 0.25) is 11.8 Å². The molecule has 0 aliphatic heterocycles. The highest BCUT2D eigenvalue weighted by Crippen LogP contribution is 2.29. The van der Waals surface area contributed by atoms with Gasteiger partial charge in [-0.25, -0.2) is 10.3 Å². The molecule has 27 heavy (non-hydrogen) atoms. The Labute approximate surface area is 159 Å². The van der Waals surface area contributed by atoms with Crippen LogP contribution in [-0.4, -0.2) is 45.2 Å². The predicted molar refractivity (Wildman–Crippen MR) is 100 cm³/mol. The minimum atomic E-state index is -1.22. The van der Waals surface area contributed by atoms with Crippen molar-refractivity contribution in [3.63, 3.8) is 0 Å². The van der Waals surface area contributed by atoms with Crippen molar-refractivity contribution in [2.24, 2.45) is 11.8 Å². The fourth-order valence-electron chi connectivity index (χ4n) is 2.86. The highest BCUT2D eigenvalue weighted by atomic mass is 16.5. The molecule has 2 atom stereocenters. The third-order valence-electron chi connectivity index (χ3n) is 4.30. The molecule has 8 heteroatoms. The summed E-state index contributed by atoms with van der Waals surface area (Å²) in [6.45, 7) is 8.68. The van der Waals surface area contributed by atoms with Crippen LogP contribution in [0, 0.1) is 11.8 Å². The number of hydrogen-bond donors (Lipinski definition) is 4. The molecule has 4 N–H and O–H groups in total. The number of rotatable bonds is 7. The van der Waals surface area contributed by atoms with Crippen molar-refractivity contribution >= 4 is 17.9 Å². The Balaban J connectivity index is 3.18. The first-order chi connectivity index (χ1) is 12.5. The first-order valence-electron chi connectivity index (χ1n) is 8.79. The van der Waals surface area contributed by atoms with Gasteiger partial charge in [-0.3, -0.25) is 19.7 Å². The quantitative estimate of drug-likeness (QED) is 0.428. The lowest BCUT2D eigenvalue weighted by Gasteiger charge is -2.39. The van der Waals surface area contributed by atoms with E-state index in [1.165, 1.54) is 0 Å². The molecule has 1 aromatic carbocycles. The minimum Gasteiger partial charge on any atom is -0.465 e. The maximum Gasteiger partial charge on any atom is 0.408 e. The van der Waals surface area contributed by atoms with Crippen LogP contribution in [0.15, 0.2) is 30.3 Å². The molecule has 0 fully saturated rings. The summed E-state index contributed by atoms with van der Waals surface area (Å²) in [6, 6.07) is 7.54. The van der Waals surface area contributed by atoms with Crippen LogP contribution in [0.2, 0.25) is 0 Å². The number of hydroxylamine groups is 1. The molecule has 0 aromatic heterocycles. The Hall–Kier alpha value is -2.61. The van der Waals surface area contributed by atoms with E-state index in [0.717, 1.165) is 4.90 Å². The molecule has 0 aliphatic carbocycles. The van der Waals surface area contributed by atoms with E-state index in [9.17, 15) is 19.5 Å². The summed E-state index contributed by atoms with van der Waals surface area (Å²) >= 11 is 0. The highest BCUT2D eigenvalue weighted by molar-refractivity contribution is 5.87. The van der Waals surface area contributed by atoms with E-state index in [2.05, 4.69) is 5.32 Å². The molecule has 0 bridgehead atoms. The first kappa shape index (κ1) is 22.4. The van der Waals surface area contributed by atoms with Crippen LogP contribution >= 0.6 is 0 Å². The summed E-state index contributed by atoms with van der Waals surface area (Å²) in [6.07, 6.45) is -1.22. The van der Waals surface area contributed by atoms with E-state index in [1.54, 1.807) is 70.4 Å². The number of nitrogens with one attached hydrogen (secondary N) is 2. The predicted octanol–water partition coefficient (Wildman–Crippen LogP) is 2.40. The molecular formula is C19H29N3O5. The first-order valence-corrected chi connectivity index (χ1v) is 8.79. The second-order valence-corrected chi connectivity index (χ2v) is 7.71. The van der Waals surface area contributed by atoms with Gasteiger partial charge in [0.25, 0.3) is 0 Å². The Morgan fingerprint density at radius 1 is 1.07 bits per heavy atom. The van der Waals surface area contributed by atoms with Crippen LogP contribution in [0.3, 0.4) is 0 Å². The van der Waals surface area contributed by atoms with Gasteiger partial charge in [-0.15, -0.1) is 0 Å². The Bertz CT molecular complexity index is 655. The Morgan fingerprint density at radius 3 is 2.04 bits per heavy atom. The molecular weight excluding hydrogens is 350 g/mol. The van der Waals surface area contributed by atoms with E-state index in [-0.39, 0.29) is 12.5 Å². The SMILES string of the molecule is CC(C)C(CNC(=O)C(c1ccccc1)N(C(=O)O)C(C)(C)C)C(=O)NO. The van der Waals surface area contributed by atoms with Crippen LogP contribution in [0.5, 0.6) is 0 Å². The summed E-state index contributed by atoms with van der Waals surface area (Å²) in [7, 11) is 0. The van der Waals surface area contributed by atoms with Gasteiger partial charge in [0.15, 0.2) is 0 Å². The molecule has 1 rings (SSSR count). The van der Waals surface area contributed by atoms with Crippen LogP contribution in [0.1, 0.15) is 46.2 Å². The lowest BCUT2D eigenvalue weighted by molar-refractivity contribution is -0.135. The Kier molecular flexibility index (Phi) is 7.78. The van der Waals surface area contributed by atoms with Crippen molar-refractivity contribution < 1.29 is 24.7 Å². The largest absolute Gasteiger partial charge is 0.465 e. The molecule has 2 unspecified atom stereocenters. The highest BCUT2D eigenvalue weighted by Gasteiger charge is 2.38. The zero-order chi connectivity index (χ0) is 20.8. The topological polar surface area (TPSA) is 119 Å². The van der Waals surface area contributed by atoms with E-state index in [4.69, 9.17) is 5.21 Å². The van der Waals surface area contributed by atoms with Gasteiger partial charge < -0.3 is 10.4 Å². The monoisotopic (exact) mass is 379 g/mol. The van der Waals surface area contributed by atoms with Gasteiger partial charge >= 0.3 is 6.09 Å². The van der Waals surface area contributed by atoms with Crippen molar-refractivity contribution in [1.29, 1.82) is 0 Å². The second-order valence-electron chi connectivity index (χ2n) is 7.71. The molecule has 0 aliphatic rings. The smallest absolute Gasteiger partial charge is 0.408 e. The summed E-state index contributed by atoms with van der Waals surface area (Å²) in [5.74, 6) is -1.92. The van der Waals surface area contributed by atoms with Crippen LogP contribution in [0.4, 0.5) is 4.79 Å². The summed E-state index contributed by atoms with van der Waals surface area (Å²) in [5, 5.41) is 21.3. The second kappa shape index (κ2) is 9.36. The molecule has 8 nitrogen and oxygen atoms in total. The number of carbonyl (C=O) groups is 3. The number of hydrogen-bond acceptors (Lipinski definition) is 4. The lowest BCUT2D eigenvalue weighted by Crippen LogP contribution is -2.53. The van der Waals surface area contributed by atoms with Gasteiger partial charge in [0.05, 0.1) is 5.92 Å². The molecule has 3 amide bonds. The van der Waals surface area contributed by atoms with E-state index >= 15 is 0 Å². The van der Waals surface area contributed by atoms with Crippen LogP contribution < -0.4 is 10.8 Å². The van der Waals surface area contributed by atoms with Gasteiger partial charge in [-0.2, -0.15) is 0 Å². The molecule has 0 saturated heterocycles. The lowest BCUT2D eigenvalue weighted by atomic mass is 9.94. The zero-order valence-electron chi connectivity index (χ0n) is 16.4. The fraction of sp³-hybridized carbons (Fsp3) is 0.526. The van der Waals surface area contributed by atoms with E-state index in [1.807, 2.05) is 0 Å². The third kappa shape index (κ3) is 5.96. The number of nitrogens with zero attached hydrogens (tertiary/aromatic N) is 1. The third-order valence-corrected chi connectivity index (χ3v) is 4.30. The van der Waals surface area contributed by atoms with Crippen molar-refractivity contribution in [3.05, 3.63) is 35.9 Å². The standard InChI is InChI=1S/C19H29N3O5/c1-12(2)14(16(23)21-27)11-20-17(24)15(13-9-7-6-8-10-13)22(18(25)26)19(3,4)5/h6-10,12,14-15,27H,11H2,1-5H3,(H,20,24)(H,21,23)(H,25,26). The van der Waals surface area contributed by atoms with Crippen molar-refractivity contribution in [2.45, 2.75) is 46.2 Å². The molecule has 0 heterocycles. The summed E-state index contributed by atoms with van der Waals surface area (Å²) in [4.78, 5) is 37.8. The molecule has 1 aromatic rings. The zero-order valence-corrected chi connectivity index (χ0v) is 16.4. The van der Waals surface area contributed by atoms with Crippen molar-refractivity contribution in [2.75, 3.05) is 6.54 Å². The minimum absolute atomic E-state index is 0.0240. The molecule has 0 radical (unpaired) electrons. The molecule has 0 spiro atoms. The number of carboxylic acid groups (broad SMARTS) is 1. The summed E-state index contributed by atoms with van der Waals surface area (Å²) in [5.41, 5.74) is 1.30. The average Bonchev–Trinajstić information content (AvgIpc) is 2.58. The van der Waals surface area contributed by atoms with Crippen molar-refractivity contribution in [3.8, 4) is 0 Å². The maximum atomic E-state index is 13.0. The normalized spacial score (nSPS) is 13.6. The fourth-order valence-corrected chi connectivity index (χ4v) is 2.86. The van der Waals surface area contributed by atoms with Gasteiger partial charge in [0, 0.05) is 12.1 Å². The number of amides is 3. The maximum absolute atomic E-state index is 13.0. The number of carbonyl (C=O) groups excluding carboxylic acids is 2. The summed E-state index contributed by atoms with van der Waals surface area (Å²) < 4.78 is 0. The number of benzene rings is 1. The average molecular weight is 379 g/mol. The van der Waals surface area contributed by atoms with E-state index in [0.29, 0.717) is 5.56 Å². The van der Waals surface area contributed by atoms with Crippen LogP contribution in [0.25, 0.3) is 0 Å². The van der Waals surface area contributed by atoms with Gasteiger partial charge in [0.1, 0.15) is 6.04 Å². The molecule has 0 saturated carbocycles. The Morgan fingerprint density at radius 2 is 1.63 bits per heavy atom. The van der Waals surface area contributed by atoms with Crippen molar-refractivity contribution in [1.82, 2.24) is 15.7 Å².